The monoisotopic (exact) mass is 248 g/mol. The third-order valence-electron chi connectivity index (χ3n) is 4.33. The first-order valence-electron chi connectivity index (χ1n) is 7.82. The van der Waals surface area contributed by atoms with Crippen molar-refractivity contribution < 1.29 is 0 Å². The SMILES string of the molecule is CCC1=C(CC)C(C(C)C)C(C(C)C)=C1C(C)C. The third-order valence-corrected chi connectivity index (χ3v) is 4.33. The van der Waals surface area contributed by atoms with E-state index >= 15 is 0 Å². The van der Waals surface area contributed by atoms with Gasteiger partial charge in [0, 0.05) is 5.92 Å². The van der Waals surface area contributed by atoms with Crippen LogP contribution in [0.5, 0.6) is 0 Å². The lowest BCUT2D eigenvalue weighted by Gasteiger charge is -2.26. The first kappa shape index (κ1) is 15.5. The summed E-state index contributed by atoms with van der Waals surface area (Å²) in [5.74, 6) is 2.79. The van der Waals surface area contributed by atoms with E-state index in [1.807, 2.05) is 0 Å². The Bertz CT molecular complexity index is 350. The van der Waals surface area contributed by atoms with E-state index in [-0.39, 0.29) is 0 Å². The van der Waals surface area contributed by atoms with Crippen molar-refractivity contribution in [2.45, 2.75) is 68.2 Å². The molecular formula is C18H32. The molecule has 0 aromatic heterocycles. The van der Waals surface area contributed by atoms with Gasteiger partial charge in [-0.25, -0.2) is 0 Å². The van der Waals surface area contributed by atoms with E-state index in [9.17, 15) is 0 Å². The van der Waals surface area contributed by atoms with E-state index in [4.69, 9.17) is 0 Å². The van der Waals surface area contributed by atoms with Crippen molar-refractivity contribution >= 4 is 0 Å². The van der Waals surface area contributed by atoms with Crippen LogP contribution in [-0.2, 0) is 0 Å². The maximum Gasteiger partial charge on any atom is 0.00444 e. The first-order valence-corrected chi connectivity index (χ1v) is 7.82. The van der Waals surface area contributed by atoms with E-state index in [1.54, 1.807) is 22.3 Å². The van der Waals surface area contributed by atoms with Gasteiger partial charge in [0.15, 0.2) is 0 Å². The molecule has 104 valence electrons. The number of allylic oxidation sites excluding steroid dienone is 4. The molecule has 1 unspecified atom stereocenters. The smallest absolute Gasteiger partial charge is 0.00444 e. The molecule has 0 radical (unpaired) electrons. The molecule has 0 spiro atoms. The molecule has 0 fully saturated rings. The Morgan fingerprint density at radius 1 is 0.833 bits per heavy atom. The van der Waals surface area contributed by atoms with Gasteiger partial charge in [0.05, 0.1) is 0 Å². The highest BCUT2D eigenvalue weighted by Crippen LogP contribution is 2.49. The molecule has 0 heterocycles. The molecule has 1 aliphatic carbocycles. The van der Waals surface area contributed by atoms with Gasteiger partial charge in [0.2, 0.25) is 0 Å². The van der Waals surface area contributed by atoms with Crippen LogP contribution >= 0.6 is 0 Å². The quantitative estimate of drug-likeness (QED) is 0.560. The summed E-state index contributed by atoms with van der Waals surface area (Å²) in [6, 6.07) is 0. The summed E-state index contributed by atoms with van der Waals surface area (Å²) >= 11 is 0. The van der Waals surface area contributed by atoms with Crippen LogP contribution in [0.4, 0.5) is 0 Å². The summed E-state index contributed by atoms with van der Waals surface area (Å²) < 4.78 is 0. The molecule has 0 nitrogen and oxygen atoms in total. The molecule has 0 saturated heterocycles. The average molecular weight is 248 g/mol. The zero-order valence-corrected chi connectivity index (χ0v) is 13.7. The minimum Gasteiger partial charge on any atom is -0.0619 e. The predicted octanol–water partition coefficient (Wildman–Crippen LogP) is 6.00. The van der Waals surface area contributed by atoms with Crippen LogP contribution in [-0.4, -0.2) is 0 Å². The molecule has 18 heavy (non-hydrogen) atoms. The molecule has 0 aromatic rings. The summed E-state index contributed by atoms with van der Waals surface area (Å²) in [5.41, 5.74) is 6.87. The second-order valence-corrected chi connectivity index (χ2v) is 6.61. The predicted molar refractivity (Wildman–Crippen MR) is 82.6 cm³/mol. The average Bonchev–Trinajstić information content (AvgIpc) is 2.62. The minimum atomic E-state index is 0.669. The Labute approximate surface area is 115 Å². The van der Waals surface area contributed by atoms with Gasteiger partial charge < -0.3 is 0 Å². The molecule has 1 rings (SSSR count). The number of hydrogen-bond donors (Lipinski definition) is 0. The Morgan fingerprint density at radius 3 is 1.67 bits per heavy atom. The lowest BCUT2D eigenvalue weighted by atomic mass is 9.78. The molecule has 0 N–H and O–H groups in total. The van der Waals surface area contributed by atoms with Gasteiger partial charge in [0.1, 0.15) is 0 Å². The van der Waals surface area contributed by atoms with Crippen molar-refractivity contribution in [3.05, 3.63) is 22.3 Å². The maximum absolute atomic E-state index is 2.39. The van der Waals surface area contributed by atoms with E-state index in [0.717, 1.165) is 5.92 Å². The molecule has 1 aliphatic rings. The van der Waals surface area contributed by atoms with Crippen LogP contribution in [0.15, 0.2) is 22.3 Å². The summed E-state index contributed by atoms with van der Waals surface area (Å²) in [5, 5.41) is 0. The molecule has 1 atom stereocenters. The first-order chi connectivity index (χ1) is 8.36. The highest BCUT2D eigenvalue weighted by atomic mass is 14.4. The largest absolute Gasteiger partial charge is 0.0619 e. The Kier molecular flexibility index (Phi) is 5.25. The Hall–Kier alpha value is -0.520. The fraction of sp³-hybridized carbons (Fsp3) is 0.778. The Morgan fingerprint density at radius 2 is 1.39 bits per heavy atom. The third kappa shape index (κ3) is 2.58. The van der Waals surface area contributed by atoms with Gasteiger partial charge in [-0.3, -0.25) is 0 Å². The van der Waals surface area contributed by atoms with Crippen LogP contribution in [0.2, 0.25) is 0 Å². The minimum absolute atomic E-state index is 0.669. The molecule has 0 amide bonds. The van der Waals surface area contributed by atoms with Gasteiger partial charge in [0.25, 0.3) is 0 Å². The van der Waals surface area contributed by atoms with Crippen molar-refractivity contribution in [1.82, 2.24) is 0 Å². The van der Waals surface area contributed by atoms with Crippen molar-refractivity contribution in [2.24, 2.45) is 23.7 Å². The van der Waals surface area contributed by atoms with Gasteiger partial charge in [-0.1, -0.05) is 66.5 Å². The van der Waals surface area contributed by atoms with Crippen LogP contribution in [0, 0.1) is 23.7 Å². The fourth-order valence-electron chi connectivity index (χ4n) is 3.85. The van der Waals surface area contributed by atoms with Crippen molar-refractivity contribution in [1.29, 1.82) is 0 Å². The second kappa shape index (κ2) is 6.08. The lowest BCUT2D eigenvalue weighted by Crippen LogP contribution is -2.16. The van der Waals surface area contributed by atoms with E-state index in [2.05, 4.69) is 55.4 Å². The van der Waals surface area contributed by atoms with Crippen LogP contribution in [0.1, 0.15) is 68.2 Å². The zero-order chi connectivity index (χ0) is 14.0. The van der Waals surface area contributed by atoms with Gasteiger partial charge in [-0.05, 0) is 41.7 Å². The highest BCUT2D eigenvalue weighted by Gasteiger charge is 2.35. The van der Waals surface area contributed by atoms with Crippen LogP contribution < -0.4 is 0 Å². The lowest BCUT2D eigenvalue weighted by molar-refractivity contribution is 0.459. The van der Waals surface area contributed by atoms with Crippen LogP contribution in [0.25, 0.3) is 0 Å². The van der Waals surface area contributed by atoms with Gasteiger partial charge in [-0.2, -0.15) is 0 Å². The number of rotatable bonds is 5. The molecule has 0 saturated carbocycles. The topological polar surface area (TPSA) is 0 Å². The summed E-state index contributed by atoms with van der Waals surface area (Å²) in [6.07, 6.45) is 2.43. The van der Waals surface area contributed by atoms with Gasteiger partial charge >= 0.3 is 0 Å². The molecule has 0 bridgehead atoms. The van der Waals surface area contributed by atoms with E-state index in [1.165, 1.54) is 12.8 Å². The second-order valence-electron chi connectivity index (χ2n) is 6.61. The van der Waals surface area contributed by atoms with Crippen molar-refractivity contribution in [3.8, 4) is 0 Å². The van der Waals surface area contributed by atoms with E-state index in [0.29, 0.717) is 17.8 Å². The molecule has 0 heteroatoms. The van der Waals surface area contributed by atoms with E-state index < -0.39 is 0 Å². The van der Waals surface area contributed by atoms with Crippen molar-refractivity contribution in [2.75, 3.05) is 0 Å². The fourth-order valence-corrected chi connectivity index (χ4v) is 3.85. The summed E-state index contributed by atoms with van der Waals surface area (Å²) in [6.45, 7) is 18.9. The summed E-state index contributed by atoms with van der Waals surface area (Å²) in [4.78, 5) is 0. The maximum atomic E-state index is 2.39. The normalized spacial score (nSPS) is 21.2. The summed E-state index contributed by atoms with van der Waals surface area (Å²) in [7, 11) is 0. The zero-order valence-electron chi connectivity index (χ0n) is 13.7. The molecular weight excluding hydrogens is 216 g/mol. The van der Waals surface area contributed by atoms with Crippen molar-refractivity contribution in [3.63, 3.8) is 0 Å². The van der Waals surface area contributed by atoms with Gasteiger partial charge in [-0.15, -0.1) is 0 Å². The molecule has 0 aliphatic heterocycles. The van der Waals surface area contributed by atoms with Crippen LogP contribution in [0.3, 0.4) is 0 Å². The standard InChI is InChI=1S/C18H32/c1-9-14-15(10-2)17(12(5)6)18(13(7)8)16(14)11(3)4/h11-13,16H,9-10H2,1-8H3. The Balaban J connectivity index is 3.44. The number of hydrogen-bond acceptors (Lipinski definition) is 0. The highest BCUT2D eigenvalue weighted by molar-refractivity contribution is 5.51. The molecule has 0 aromatic carbocycles.